The molecule has 0 saturated heterocycles. The Labute approximate surface area is 99.8 Å². The van der Waals surface area contributed by atoms with Crippen LogP contribution in [0.15, 0.2) is 20.4 Å². The Kier molecular flexibility index (Phi) is 3.50. The van der Waals surface area contributed by atoms with Crippen molar-refractivity contribution in [2.75, 3.05) is 0 Å². The van der Waals surface area contributed by atoms with Crippen LogP contribution in [0, 0.1) is 6.92 Å². The quantitative estimate of drug-likeness (QED) is 0.939. The lowest BCUT2D eigenvalue weighted by Gasteiger charge is -1.97. The molecular formula is C9H10BrN3OS. The van der Waals surface area contributed by atoms with Gasteiger partial charge in [0.05, 0.1) is 10.3 Å². The van der Waals surface area contributed by atoms with Gasteiger partial charge in [-0.25, -0.2) is 0 Å². The topological polar surface area (TPSA) is 51.0 Å². The van der Waals surface area contributed by atoms with Gasteiger partial charge in [-0.1, -0.05) is 5.16 Å². The summed E-state index contributed by atoms with van der Waals surface area (Å²) in [7, 11) is 0. The second-order valence-corrected chi connectivity index (χ2v) is 5.59. The first-order valence-electron chi connectivity index (χ1n) is 4.48. The van der Waals surface area contributed by atoms with Gasteiger partial charge in [0, 0.05) is 11.4 Å². The second-order valence-electron chi connectivity index (χ2n) is 3.04. The maximum atomic E-state index is 4.98. The highest BCUT2D eigenvalue weighted by Crippen LogP contribution is 2.21. The van der Waals surface area contributed by atoms with Crippen molar-refractivity contribution in [2.45, 2.75) is 20.0 Å². The maximum Gasteiger partial charge on any atom is 0.240 e. The number of hydrogen-bond donors (Lipinski definition) is 1. The van der Waals surface area contributed by atoms with Gasteiger partial charge < -0.3 is 9.84 Å². The first-order chi connectivity index (χ1) is 7.24. The van der Waals surface area contributed by atoms with Crippen LogP contribution in [0.1, 0.15) is 16.6 Å². The van der Waals surface area contributed by atoms with Crippen molar-refractivity contribution in [1.29, 1.82) is 0 Å². The summed E-state index contributed by atoms with van der Waals surface area (Å²) < 4.78 is 6.12. The Balaban J connectivity index is 1.80. The molecular weight excluding hydrogens is 278 g/mol. The Morgan fingerprint density at radius 3 is 2.93 bits per heavy atom. The molecule has 1 N–H and O–H groups in total. The summed E-state index contributed by atoms with van der Waals surface area (Å²) in [5, 5.41) is 6.95. The van der Waals surface area contributed by atoms with Gasteiger partial charge >= 0.3 is 0 Å². The molecule has 0 unspecified atom stereocenters. The SMILES string of the molecule is Cc1noc(CNCc2ccc(Br)s2)n1. The number of rotatable bonds is 4. The van der Waals surface area contributed by atoms with Crippen LogP contribution >= 0.6 is 27.3 Å². The predicted molar refractivity (Wildman–Crippen MR) is 61.6 cm³/mol. The normalized spacial score (nSPS) is 10.8. The van der Waals surface area contributed by atoms with E-state index in [1.807, 2.05) is 13.0 Å². The van der Waals surface area contributed by atoms with E-state index in [2.05, 4.69) is 37.5 Å². The number of aryl methyl sites for hydroxylation is 1. The first-order valence-corrected chi connectivity index (χ1v) is 6.09. The average molecular weight is 288 g/mol. The smallest absolute Gasteiger partial charge is 0.240 e. The van der Waals surface area contributed by atoms with Crippen molar-refractivity contribution < 1.29 is 4.52 Å². The van der Waals surface area contributed by atoms with E-state index in [0.29, 0.717) is 18.3 Å². The predicted octanol–water partition coefficient (Wildman–Crippen LogP) is 2.49. The highest BCUT2D eigenvalue weighted by molar-refractivity contribution is 9.11. The van der Waals surface area contributed by atoms with E-state index >= 15 is 0 Å². The van der Waals surface area contributed by atoms with Crippen LogP contribution in [-0.4, -0.2) is 10.1 Å². The van der Waals surface area contributed by atoms with E-state index in [4.69, 9.17) is 4.52 Å². The minimum absolute atomic E-state index is 0.607. The molecule has 2 heterocycles. The lowest BCUT2D eigenvalue weighted by atomic mass is 10.4. The number of nitrogens with one attached hydrogen (secondary N) is 1. The molecule has 6 heteroatoms. The van der Waals surface area contributed by atoms with Gasteiger partial charge in [0.1, 0.15) is 0 Å². The number of nitrogens with zero attached hydrogens (tertiary/aromatic N) is 2. The van der Waals surface area contributed by atoms with Crippen LogP contribution in [0.3, 0.4) is 0 Å². The van der Waals surface area contributed by atoms with Crippen molar-refractivity contribution in [2.24, 2.45) is 0 Å². The monoisotopic (exact) mass is 287 g/mol. The van der Waals surface area contributed by atoms with E-state index in [1.165, 1.54) is 4.88 Å². The van der Waals surface area contributed by atoms with Gasteiger partial charge in [-0.05, 0) is 35.0 Å². The molecule has 2 aromatic heterocycles. The zero-order chi connectivity index (χ0) is 10.7. The summed E-state index contributed by atoms with van der Waals surface area (Å²) in [6, 6.07) is 4.12. The highest BCUT2D eigenvalue weighted by atomic mass is 79.9. The molecule has 0 aromatic carbocycles. The molecule has 0 bridgehead atoms. The van der Waals surface area contributed by atoms with Crippen molar-refractivity contribution >= 4 is 27.3 Å². The molecule has 0 fully saturated rings. The Hall–Kier alpha value is -0.720. The average Bonchev–Trinajstić information content (AvgIpc) is 2.76. The van der Waals surface area contributed by atoms with Gasteiger partial charge in [-0.3, -0.25) is 0 Å². The molecule has 0 aliphatic heterocycles. The highest BCUT2D eigenvalue weighted by Gasteiger charge is 2.02. The van der Waals surface area contributed by atoms with Crippen molar-refractivity contribution in [1.82, 2.24) is 15.5 Å². The zero-order valence-electron chi connectivity index (χ0n) is 8.16. The minimum Gasteiger partial charge on any atom is -0.338 e. The molecule has 0 aliphatic carbocycles. The van der Waals surface area contributed by atoms with Crippen LogP contribution in [0.2, 0.25) is 0 Å². The number of halogens is 1. The molecule has 80 valence electrons. The largest absolute Gasteiger partial charge is 0.338 e. The fourth-order valence-electron chi connectivity index (χ4n) is 1.15. The molecule has 0 aliphatic rings. The van der Waals surface area contributed by atoms with Gasteiger partial charge in [0.25, 0.3) is 0 Å². The summed E-state index contributed by atoms with van der Waals surface area (Å²) in [5.41, 5.74) is 0. The van der Waals surface area contributed by atoms with Crippen molar-refractivity contribution in [3.8, 4) is 0 Å². The third kappa shape index (κ3) is 3.12. The van der Waals surface area contributed by atoms with Gasteiger partial charge in [0.15, 0.2) is 5.82 Å². The summed E-state index contributed by atoms with van der Waals surface area (Å²) >= 11 is 5.14. The lowest BCUT2D eigenvalue weighted by Crippen LogP contribution is -2.11. The molecule has 0 atom stereocenters. The number of thiophene rings is 1. The van der Waals surface area contributed by atoms with Gasteiger partial charge in [-0.15, -0.1) is 11.3 Å². The van der Waals surface area contributed by atoms with Crippen LogP contribution in [-0.2, 0) is 13.1 Å². The standard InChI is InChI=1S/C9H10BrN3OS/c1-6-12-9(14-13-6)5-11-4-7-2-3-8(10)15-7/h2-3,11H,4-5H2,1H3. The molecule has 2 rings (SSSR count). The number of aromatic nitrogens is 2. The van der Waals surface area contributed by atoms with Crippen LogP contribution in [0.25, 0.3) is 0 Å². The molecule has 15 heavy (non-hydrogen) atoms. The third-order valence-corrected chi connectivity index (χ3v) is 3.40. The first kappa shape index (κ1) is 10.8. The van der Waals surface area contributed by atoms with Crippen molar-refractivity contribution in [3.05, 3.63) is 32.5 Å². The Morgan fingerprint density at radius 1 is 1.47 bits per heavy atom. The fraction of sp³-hybridized carbons (Fsp3) is 0.333. The summed E-state index contributed by atoms with van der Waals surface area (Å²) in [5.74, 6) is 1.30. The molecule has 4 nitrogen and oxygen atoms in total. The van der Waals surface area contributed by atoms with E-state index in [9.17, 15) is 0 Å². The van der Waals surface area contributed by atoms with E-state index in [0.717, 1.165) is 10.3 Å². The molecule has 2 aromatic rings. The lowest BCUT2D eigenvalue weighted by molar-refractivity contribution is 0.364. The van der Waals surface area contributed by atoms with Crippen LogP contribution < -0.4 is 5.32 Å². The maximum absolute atomic E-state index is 4.98. The fourth-order valence-corrected chi connectivity index (χ4v) is 2.60. The molecule has 0 saturated carbocycles. The zero-order valence-corrected chi connectivity index (χ0v) is 10.6. The minimum atomic E-state index is 0.607. The molecule has 0 radical (unpaired) electrons. The summed E-state index contributed by atoms with van der Waals surface area (Å²) in [6.45, 7) is 3.23. The second kappa shape index (κ2) is 4.87. The summed E-state index contributed by atoms with van der Waals surface area (Å²) in [6.07, 6.45) is 0. The molecule has 0 spiro atoms. The van der Waals surface area contributed by atoms with E-state index in [-0.39, 0.29) is 0 Å². The molecule has 0 amide bonds. The van der Waals surface area contributed by atoms with Crippen molar-refractivity contribution in [3.63, 3.8) is 0 Å². The Morgan fingerprint density at radius 2 is 2.33 bits per heavy atom. The van der Waals surface area contributed by atoms with Crippen LogP contribution in [0.4, 0.5) is 0 Å². The van der Waals surface area contributed by atoms with E-state index in [1.54, 1.807) is 11.3 Å². The Bertz CT molecular complexity index is 400. The van der Waals surface area contributed by atoms with Gasteiger partial charge in [0.2, 0.25) is 5.89 Å². The van der Waals surface area contributed by atoms with Crippen LogP contribution in [0.5, 0.6) is 0 Å². The third-order valence-electron chi connectivity index (χ3n) is 1.77. The summed E-state index contributed by atoms with van der Waals surface area (Å²) in [4.78, 5) is 5.38. The van der Waals surface area contributed by atoms with Gasteiger partial charge in [-0.2, -0.15) is 4.98 Å². The van der Waals surface area contributed by atoms with E-state index < -0.39 is 0 Å². The number of hydrogen-bond acceptors (Lipinski definition) is 5.